The van der Waals surface area contributed by atoms with Crippen molar-refractivity contribution in [1.29, 1.82) is 0 Å². The summed E-state index contributed by atoms with van der Waals surface area (Å²) in [6.45, 7) is 7.96. The third-order valence-corrected chi connectivity index (χ3v) is 4.67. The van der Waals surface area contributed by atoms with E-state index in [4.69, 9.17) is 17.0 Å². The predicted octanol–water partition coefficient (Wildman–Crippen LogP) is 6.18. The number of carbonyl (C=O) groups excluding carboxylic acids is 1. The number of hydrogen-bond acceptors (Lipinski definition) is 4. The number of rotatable bonds is 5. The first-order valence-electron chi connectivity index (χ1n) is 9.65. The fourth-order valence-electron chi connectivity index (χ4n) is 2.92. The van der Waals surface area contributed by atoms with Gasteiger partial charge in [-0.05, 0) is 67.0 Å². The molecule has 2 aromatic carbocycles. The molecule has 0 radical (unpaired) electrons. The third kappa shape index (κ3) is 5.42. The van der Waals surface area contributed by atoms with Crippen molar-refractivity contribution in [3.63, 3.8) is 0 Å². The van der Waals surface area contributed by atoms with Gasteiger partial charge in [0.25, 0.3) is 0 Å². The second kappa shape index (κ2) is 9.05. The minimum absolute atomic E-state index is 0.0231. The van der Waals surface area contributed by atoms with E-state index in [1.54, 1.807) is 18.3 Å². The number of benzene rings is 2. The molecule has 3 aromatic rings. The van der Waals surface area contributed by atoms with E-state index in [1.807, 2.05) is 42.5 Å². The van der Waals surface area contributed by atoms with Crippen molar-refractivity contribution in [1.82, 2.24) is 4.98 Å². The molecule has 1 aromatic heterocycles. The third-order valence-electron chi connectivity index (χ3n) is 4.47. The maximum absolute atomic E-state index is 11.4. The van der Waals surface area contributed by atoms with Gasteiger partial charge >= 0.3 is 0 Å². The smallest absolute Gasteiger partial charge is 0.243 e. The van der Waals surface area contributed by atoms with Crippen LogP contribution in [0.25, 0.3) is 0 Å². The maximum Gasteiger partial charge on any atom is 0.243 e. The minimum Gasteiger partial charge on any atom is -0.437 e. The van der Waals surface area contributed by atoms with E-state index in [-0.39, 0.29) is 11.2 Å². The molecule has 0 unspecified atom stereocenters. The molecular weight excluding hydrogens is 394 g/mol. The summed E-state index contributed by atoms with van der Waals surface area (Å²) in [6, 6.07) is 18.7. The monoisotopic (exact) mass is 419 g/mol. The molecule has 0 spiro atoms. The Hall–Kier alpha value is -3.25. The highest BCUT2D eigenvalue weighted by Gasteiger charge is 2.20. The van der Waals surface area contributed by atoms with E-state index in [2.05, 4.69) is 42.5 Å². The van der Waals surface area contributed by atoms with Gasteiger partial charge in [0.15, 0.2) is 10.9 Å². The summed E-state index contributed by atoms with van der Waals surface area (Å²) >= 11 is 5.44. The molecule has 30 heavy (non-hydrogen) atoms. The quantitative estimate of drug-likeness (QED) is 0.380. The van der Waals surface area contributed by atoms with Gasteiger partial charge in [0.05, 0.1) is 0 Å². The number of ketones is 1. The van der Waals surface area contributed by atoms with E-state index in [0.717, 1.165) is 17.0 Å². The van der Waals surface area contributed by atoms with Crippen LogP contribution >= 0.6 is 12.2 Å². The van der Waals surface area contributed by atoms with Crippen LogP contribution in [-0.4, -0.2) is 15.9 Å². The van der Waals surface area contributed by atoms with Crippen LogP contribution in [0.4, 0.5) is 11.4 Å². The van der Waals surface area contributed by atoms with Crippen LogP contribution in [0.2, 0.25) is 0 Å². The number of nitrogens with one attached hydrogen (secondary N) is 2. The Morgan fingerprint density at radius 3 is 2.33 bits per heavy atom. The molecule has 6 heteroatoms. The fraction of sp³-hybridized carbons (Fsp3) is 0.208. The molecule has 154 valence electrons. The van der Waals surface area contributed by atoms with Gasteiger partial charge in [-0.3, -0.25) is 4.79 Å². The van der Waals surface area contributed by atoms with Crippen molar-refractivity contribution in [2.75, 3.05) is 10.6 Å². The summed E-state index contributed by atoms with van der Waals surface area (Å²) in [5, 5.41) is 6.65. The molecule has 0 bridgehead atoms. The average molecular weight is 420 g/mol. The number of thiocarbonyl (C=S) groups is 1. The molecule has 0 aliphatic carbocycles. The zero-order valence-electron chi connectivity index (χ0n) is 17.5. The van der Waals surface area contributed by atoms with E-state index in [0.29, 0.717) is 22.2 Å². The van der Waals surface area contributed by atoms with E-state index < -0.39 is 0 Å². The van der Waals surface area contributed by atoms with Crippen molar-refractivity contribution in [3.05, 3.63) is 78.0 Å². The molecule has 0 amide bonds. The normalized spacial score (nSPS) is 10.9. The van der Waals surface area contributed by atoms with Gasteiger partial charge in [0.1, 0.15) is 11.4 Å². The molecule has 5 nitrogen and oxygen atoms in total. The lowest BCUT2D eigenvalue weighted by molar-refractivity contribution is 0.101. The van der Waals surface area contributed by atoms with Crippen LogP contribution in [0.3, 0.4) is 0 Å². The van der Waals surface area contributed by atoms with Gasteiger partial charge in [0.2, 0.25) is 5.88 Å². The topological polar surface area (TPSA) is 63.2 Å². The molecular formula is C24H25N3O2S. The van der Waals surface area contributed by atoms with Crippen molar-refractivity contribution in [2.45, 2.75) is 33.1 Å². The Labute approximate surface area is 182 Å². The molecule has 1 heterocycles. The van der Waals surface area contributed by atoms with Gasteiger partial charge in [-0.15, -0.1) is 0 Å². The molecule has 0 saturated carbocycles. The summed E-state index contributed by atoms with van der Waals surface area (Å²) in [7, 11) is 0. The number of Topliss-reactive ketones (excluding diaryl/α,β-unsaturated/α-hetero) is 1. The summed E-state index contributed by atoms with van der Waals surface area (Å²) < 4.78 is 6.16. The first-order valence-corrected chi connectivity index (χ1v) is 10.1. The van der Waals surface area contributed by atoms with Crippen molar-refractivity contribution < 1.29 is 9.53 Å². The van der Waals surface area contributed by atoms with Crippen molar-refractivity contribution in [3.8, 4) is 11.6 Å². The Morgan fingerprint density at radius 1 is 0.967 bits per heavy atom. The Balaban J connectivity index is 1.76. The average Bonchev–Trinajstić information content (AvgIpc) is 2.69. The van der Waals surface area contributed by atoms with E-state index in [1.165, 1.54) is 6.92 Å². The largest absolute Gasteiger partial charge is 0.437 e. The van der Waals surface area contributed by atoms with Crippen LogP contribution in [0, 0.1) is 0 Å². The lowest BCUT2D eigenvalue weighted by Gasteiger charge is -2.23. The Bertz CT molecular complexity index is 1060. The number of carbonyl (C=O) groups is 1. The summed E-state index contributed by atoms with van der Waals surface area (Å²) in [5.41, 5.74) is 3.11. The van der Waals surface area contributed by atoms with E-state index in [9.17, 15) is 4.79 Å². The van der Waals surface area contributed by atoms with E-state index >= 15 is 0 Å². The van der Waals surface area contributed by atoms with Gasteiger partial charge < -0.3 is 15.4 Å². The Kier molecular flexibility index (Phi) is 6.47. The van der Waals surface area contributed by atoms with Gasteiger partial charge in [-0.25, -0.2) is 4.98 Å². The van der Waals surface area contributed by atoms with Gasteiger partial charge in [0, 0.05) is 23.0 Å². The molecule has 0 aliphatic rings. The highest BCUT2D eigenvalue weighted by atomic mass is 32.1. The lowest BCUT2D eigenvalue weighted by Crippen LogP contribution is -2.19. The second-order valence-electron chi connectivity index (χ2n) is 7.92. The highest BCUT2D eigenvalue weighted by Crippen LogP contribution is 2.35. The summed E-state index contributed by atoms with van der Waals surface area (Å²) in [6.07, 6.45) is 1.68. The van der Waals surface area contributed by atoms with Crippen molar-refractivity contribution >= 4 is 34.5 Å². The van der Waals surface area contributed by atoms with Crippen molar-refractivity contribution in [2.24, 2.45) is 0 Å². The maximum atomic E-state index is 11.4. The molecule has 0 saturated heterocycles. The first kappa shape index (κ1) is 21.5. The molecule has 0 atom stereocenters. The second-order valence-corrected chi connectivity index (χ2v) is 8.33. The molecule has 0 fully saturated rings. The van der Waals surface area contributed by atoms with Crippen LogP contribution in [-0.2, 0) is 5.41 Å². The molecule has 3 rings (SSSR count). The first-order chi connectivity index (χ1) is 14.2. The number of anilines is 2. The van der Waals surface area contributed by atoms with Crippen LogP contribution in [0.5, 0.6) is 11.6 Å². The number of aromatic nitrogens is 1. The van der Waals surface area contributed by atoms with Gasteiger partial charge in [-0.2, -0.15) is 0 Å². The number of pyridine rings is 1. The predicted molar refractivity (Wildman–Crippen MR) is 126 cm³/mol. The zero-order valence-corrected chi connectivity index (χ0v) is 18.3. The lowest BCUT2D eigenvalue weighted by atomic mass is 9.86. The Morgan fingerprint density at radius 2 is 1.67 bits per heavy atom. The number of nitrogens with zero attached hydrogens (tertiary/aromatic N) is 1. The molecule has 2 N–H and O–H groups in total. The van der Waals surface area contributed by atoms with Gasteiger partial charge in [-0.1, -0.05) is 39.0 Å². The molecule has 0 aliphatic heterocycles. The van der Waals surface area contributed by atoms with Crippen LogP contribution in [0.1, 0.15) is 43.6 Å². The van der Waals surface area contributed by atoms with Crippen LogP contribution < -0.4 is 15.4 Å². The minimum atomic E-state index is -0.0676. The summed E-state index contributed by atoms with van der Waals surface area (Å²) in [5.74, 6) is 1.21. The number of ether oxygens (including phenoxy) is 1. The highest BCUT2D eigenvalue weighted by molar-refractivity contribution is 7.80. The fourth-order valence-corrected chi connectivity index (χ4v) is 3.15. The standard InChI is InChI=1S/C24H25N3O2S/c1-16(28)17-11-13-18(14-12-17)26-23(30)27-20-9-7-15-25-22(20)29-21-10-6-5-8-19(21)24(2,3)4/h5-15H,1-4H3,(H2,26,27,30). The summed E-state index contributed by atoms with van der Waals surface area (Å²) in [4.78, 5) is 15.8. The zero-order chi connectivity index (χ0) is 21.7. The number of hydrogen-bond donors (Lipinski definition) is 2. The van der Waals surface area contributed by atoms with Crippen LogP contribution in [0.15, 0.2) is 66.9 Å². The number of para-hydroxylation sites is 1. The SMILES string of the molecule is CC(=O)c1ccc(NC(=S)Nc2cccnc2Oc2ccccc2C(C)(C)C)cc1.